The van der Waals surface area contributed by atoms with Gasteiger partial charge in [0.1, 0.15) is 17.1 Å². The summed E-state index contributed by atoms with van der Waals surface area (Å²) in [6.45, 7) is 1.30. The number of aromatic carboxylic acids is 1. The van der Waals surface area contributed by atoms with Crippen LogP contribution in [0.15, 0.2) is 34.7 Å². The number of aromatic nitrogens is 2. The minimum atomic E-state index is -4.92. The van der Waals surface area contributed by atoms with E-state index in [0.29, 0.717) is 17.2 Å². The number of pyridine rings is 1. The second kappa shape index (κ2) is 6.57. The molecule has 0 unspecified atom stereocenters. The van der Waals surface area contributed by atoms with Crippen molar-refractivity contribution in [2.45, 2.75) is 32.0 Å². The molecule has 1 N–H and O–H groups in total. The Labute approximate surface area is 161 Å². The number of hydrogen-bond donors (Lipinski definition) is 1. The first-order valence-corrected chi connectivity index (χ1v) is 8.66. The highest BCUT2D eigenvalue weighted by Gasteiger charge is 2.44. The number of aryl methyl sites for hydroxylation is 1. The average molecular weight is 405 g/mol. The molecule has 10 heteroatoms. The van der Waals surface area contributed by atoms with E-state index in [1.54, 1.807) is 24.3 Å². The Bertz CT molecular complexity index is 1110. The van der Waals surface area contributed by atoms with Gasteiger partial charge in [-0.2, -0.15) is 13.2 Å². The van der Waals surface area contributed by atoms with E-state index in [0.717, 1.165) is 4.90 Å². The summed E-state index contributed by atoms with van der Waals surface area (Å²) in [5.41, 5.74) is -1.52. The van der Waals surface area contributed by atoms with Gasteiger partial charge in [-0.3, -0.25) is 9.69 Å². The first-order chi connectivity index (χ1) is 13.7. The highest BCUT2D eigenvalue weighted by atomic mass is 19.4. The zero-order chi connectivity index (χ0) is 20.9. The monoisotopic (exact) mass is 405 g/mol. The Kier molecular flexibility index (Phi) is 4.29. The molecular weight excluding hydrogens is 391 g/mol. The van der Waals surface area contributed by atoms with E-state index >= 15 is 0 Å². The van der Waals surface area contributed by atoms with E-state index in [1.165, 1.54) is 6.92 Å². The number of carbonyl (C=O) groups is 2. The summed E-state index contributed by atoms with van der Waals surface area (Å²) in [4.78, 5) is 33.5. The van der Waals surface area contributed by atoms with Crippen LogP contribution in [0, 0.1) is 6.92 Å². The molecule has 1 aliphatic heterocycles. The number of rotatable bonds is 3. The Morgan fingerprint density at radius 3 is 2.66 bits per heavy atom. The van der Waals surface area contributed by atoms with Crippen LogP contribution in [0.25, 0.3) is 11.1 Å². The normalized spacial score (nSPS) is 17.3. The van der Waals surface area contributed by atoms with Crippen molar-refractivity contribution in [1.82, 2.24) is 9.97 Å². The molecule has 2 aromatic heterocycles. The number of carbonyl (C=O) groups excluding carboxylic acids is 1. The molecule has 1 aromatic carbocycles. The molecule has 0 bridgehead atoms. The van der Waals surface area contributed by atoms with Crippen molar-refractivity contribution in [2.24, 2.45) is 0 Å². The minimum absolute atomic E-state index is 0.000571. The molecule has 0 radical (unpaired) electrons. The van der Waals surface area contributed by atoms with Crippen LogP contribution in [0.2, 0.25) is 0 Å². The highest BCUT2D eigenvalue weighted by molar-refractivity contribution is 6.03. The molecule has 0 saturated carbocycles. The van der Waals surface area contributed by atoms with Crippen LogP contribution in [0.1, 0.15) is 46.4 Å². The molecule has 4 rings (SSSR count). The molecule has 7 nitrogen and oxygen atoms in total. The number of para-hydroxylation sites is 2. The Morgan fingerprint density at radius 2 is 2.00 bits per heavy atom. The van der Waals surface area contributed by atoms with Gasteiger partial charge in [-0.15, -0.1) is 0 Å². The van der Waals surface area contributed by atoms with Crippen molar-refractivity contribution < 1.29 is 32.3 Å². The lowest BCUT2D eigenvalue weighted by Gasteiger charge is -2.25. The third-order valence-electron chi connectivity index (χ3n) is 4.68. The van der Waals surface area contributed by atoms with Gasteiger partial charge >= 0.3 is 12.1 Å². The maximum atomic E-state index is 13.5. The summed E-state index contributed by atoms with van der Waals surface area (Å²) in [7, 11) is 0. The maximum Gasteiger partial charge on any atom is 0.417 e. The van der Waals surface area contributed by atoms with Crippen molar-refractivity contribution in [1.29, 1.82) is 0 Å². The molecular formula is C19H14F3N3O4. The molecule has 1 amide bonds. The molecule has 150 valence electrons. The molecule has 1 fully saturated rings. The second-order valence-corrected chi connectivity index (χ2v) is 6.65. The van der Waals surface area contributed by atoms with Crippen LogP contribution in [-0.2, 0) is 11.0 Å². The summed E-state index contributed by atoms with van der Waals surface area (Å²) < 4.78 is 46.1. The van der Waals surface area contributed by atoms with E-state index in [4.69, 9.17) is 4.42 Å². The summed E-state index contributed by atoms with van der Waals surface area (Å²) in [5, 5.41) is 9.50. The minimum Gasteiger partial charge on any atom is -0.478 e. The number of nitrogens with zero attached hydrogens (tertiary/aromatic N) is 3. The lowest BCUT2D eigenvalue weighted by atomic mass is 10.1. The van der Waals surface area contributed by atoms with Crippen molar-refractivity contribution in [3.63, 3.8) is 0 Å². The van der Waals surface area contributed by atoms with Gasteiger partial charge in [0, 0.05) is 12.1 Å². The van der Waals surface area contributed by atoms with Crippen molar-refractivity contribution >= 4 is 28.8 Å². The van der Waals surface area contributed by atoms with Crippen molar-refractivity contribution in [3.8, 4) is 0 Å². The smallest absolute Gasteiger partial charge is 0.417 e. The summed E-state index contributed by atoms with van der Waals surface area (Å²) >= 11 is 0. The molecule has 3 aromatic rings. The van der Waals surface area contributed by atoms with Crippen LogP contribution < -0.4 is 4.90 Å². The van der Waals surface area contributed by atoms with E-state index in [9.17, 15) is 27.9 Å². The molecule has 0 spiro atoms. The van der Waals surface area contributed by atoms with Crippen LogP contribution in [0.3, 0.4) is 0 Å². The van der Waals surface area contributed by atoms with Gasteiger partial charge in [-0.25, -0.2) is 14.8 Å². The fraction of sp³-hybridized carbons (Fsp3) is 0.263. The van der Waals surface area contributed by atoms with Gasteiger partial charge < -0.3 is 9.52 Å². The first kappa shape index (κ1) is 18.9. The molecule has 1 atom stereocenters. The number of carboxylic acid groups (broad SMARTS) is 1. The number of amides is 1. The maximum absolute atomic E-state index is 13.5. The summed E-state index contributed by atoms with van der Waals surface area (Å²) in [6, 6.07) is 6.63. The highest BCUT2D eigenvalue weighted by Crippen LogP contribution is 2.42. The van der Waals surface area contributed by atoms with E-state index in [-0.39, 0.29) is 24.4 Å². The van der Waals surface area contributed by atoms with E-state index in [2.05, 4.69) is 9.97 Å². The molecule has 1 saturated heterocycles. The quantitative estimate of drug-likeness (QED) is 0.704. The lowest BCUT2D eigenvalue weighted by Crippen LogP contribution is -2.31. The first-order valence-electron chi connectivity index (χ1n) is 8.66. The van der Waals surface area contributed by atoms with Gasteiger partial charge in [0.2, 0.25) is 11.8 Å². The number of hydrogen-bond acceptors (Lipinski definition) is 5. The zero-order valence-corrected chi connectivity index (χ0v) is 15.0. The van der Waals surface area contributed by atoms with Crippen LogP contribution in [-0.4, -0.2) is 27.0 Å². The second-order valence-electron chi connectivity index (χ2n) is 6.65. The fourth-order valence-electron chi connectivity index (χ4n) is 3.48. The number of benzene rings is 1. The zero-order valence-electron chi connectivity index (χ0n) is 15.0. The van der Waals surface area contributed by atoms with Gasteiger partial charge in [-0.05, 0) is 31.5 Å². The number of carboxylic acids is 1. The van der Waals surface area contributed by atoms with Gasteiger partial charge in [0.25, 0.3) is 0 Å². The standard InChI is InChI=1S/C19H14F3N3O4/c1-9-8-10(19(20,21)22)15(18(27)28)16(23-9)25-12(6-7-14(25)26)17-24-11-4-2-3-5-13(11)29-17/h2-5,8,12H,6-7H2,1H3,(H,27,28)/t12-/m0/s1. The SMILES string of the molecule is Cc1cc(C(F)(F)F)c(C(=O)O)c(N2C(=O)CC[C@H]2c2nc3ccccc3o2)n1. The van der Waals surface area contributed by atoms with Crippen LogP contribution >= 0.6 is 0 Å². The van der Waals surface area contributed by atoms with Gasteiger partial charge in [0.15, 0.2) is 11.4 Å². The third kappa shape index (κ3) is 3.20. The van der Waals surface area contributed by atoms with Gasteiger partial charge in [-0.1, -0.05) is 12.1 Å². The van der Waals surface area contributed by atoms with E-state index < -0.39 is 41.0 Å². The molecule has 3 heterocycles. The number of anilines is 1. The number of halogens is 3. The third-order valence-corrected chi connectivity index (χ3v) is 4.68. The Balaban J connectivity index is 1.90. The lowest BCUT2D eigenvalue weighted by molar-refractivity contribution is -0.138. The van der Waals surface area contributed by atoms with Crippen LogP contribution in [0.5, 0.6) is 0 Å². The number of alkyl halides is 3. The predicted octanol–water partition coefficient (Wildman–Crippen LogP) is 4.12. The summed E-state index contributed by atoms with van der Waals surface area (Å²) in [6.07, 6.45) is -4.72. The average Bonchev–Trinajstić information content (AvgIpc) is 3.22. The molecule has 29 heavy (non-hydrogen) atoms. The summed E-state index contributed by atoms with van der Waals surface area (Å²) in [5.74, 6) is -2.81. The van der Waals surface area contributed by atoms with Crippen molar-refractivity contribution in [2.75, 3.05) is 4.90 Å². The number of fused-ring (bicyclic) bond motifs is 1. The number of oxazole rings is 1. The Hall–Kier alpha value is -3.43. The van der Waals surface area contributed by atoms with Gasteiger partial charge in [0.05, 0.1) is 5.56 Å². The van der Waals surface area contributed by atoms with Crippen molar-refractivity contribution in [3.05, 3.63) is 53.0 Å². The Morgan fingerprint density at radius 1 is 1.28 bits per heavy atom. The van der Waals surface area contributed by atoms with Crippen LogP contribution in [0.4, 0.5) is 19.0 Å². The molecule has 0 aliphatic carbocycles. The topological polar surface area (TPSA) is 96.5 Å². The fourth-order valence-corrected chi connectivity index (χ4v) is 3.48. The largest absolute Gasteiger partial charge is 0.478 e. The predicted molar refractivity (Wildman–Crippen MR) is 94.4 cm³/mol. The molecule has 1 aliphatic rings. The van der Waals surface area contributed by atoms with E-state index in [1.807, 2.05) is 0 Å².